The molecule has 1 atom stereocenters. The molecular formula is C9H21N2O5S+. The molecule has 0 fully saturated rings. The van der Waals surface area contributed by atoms with E-state index in [2.05, 4.69) is 0 Å². The van der Waals surface area contributed by atoms with Gasteiger partial charge in [-0.15, -0.1) is 0 Å². The fourth-order valence-electron chi connectivity index (χ4n) is 1.33. The molecule has 3 N–H and O–H groups in total. The summed E-state index contributed by atoms with van der Waals surface area (Å²) in [5.74, 6) is -1.40. The Morgan fingerprint density at radius 3 is 2.29 bits per heavy atom. The molecule has 0 rings (SSSR count). The van der Waals surface area contributed by atoms with Gasteiger partial charge in [0.1, 0.15) is 12.6 Å². The fraction of sp³-hybridized carbons (Fsp3) is 0.889. The van der Waals surface area contributed by atoms with Crippen molar-refractivity contribution in [3.63, 3.8) is 0 Å². The maximum Gasteiger partial charge on any atom is 0.306 e. The number of carbonyl (C=O) groups is 1. The molecule has 0 unspecified atom stereocenters. The molecule has 8 heteroatoms. The molecule has 0 aromatic carbocycles. The Balaban J connectivity index is 4.65. The van der Waals surface area contributed by atoms with E-state index in [0.717, 1.165) is 0 Å². The second kappa shape index (κ2) is 6.29. The van der Waals surface area contributed by atoms with Crippen molar-refractivity contribution in [3.05, 3.63) is 0 Å². The second-order valence-electron chi connectivity index (χ2n) is 4.84. The smallest absolute Gasteiger partial charge is 0.306 e. The number of nitrogens with zero attached hydrogens (tertiary/aromatic N) is 1. The topological polar surface area (TPSA) is 107 Å². The zero-order chi connectivity index (χ0) is 13.7. The highest BCUT2D eigenvalue weighted by molar-refractivity contribution is 7.86. The highest BCUT2D eigenvalue weighted by Crippen LogP contribution is 2.09. The van der Waals surface area contributed by atoms with Crippen molar-refractivity contribution in [2.75, 3.05) is 40.0 Å². The van der Waals surface area contributed by atoms with Crippen LogP contribution >= 0.6 is 0 Å². The number of rotatable bonds is 8. The Bertz CT molecular complexity index is 347. The standard InChI is InChI=1S/C9H20N2O5S/c1-11(2,3)7-8(6-9(12)13)16-17(14,15)5-4-10/h8H,4-7,10H2,1-3H3/p+1/t8-/m1/s1. The number of aliphatic carboxylic acids is 1. The lowest BCUT2D eigenvalue weighted by molar-refractivity contribution is -0.873. The maximum absolute atomic E-state index is 11.4. The van der Waals surface area contributed by atoms with E-state index in [1.165, 1.54) is 0 Å². The summed E-state index contributed by atoms with van der Waals surface area (Å²) in [6.45, 7) is 0.239. The fourth-order valence-corrected chi connectivity index (χ4v) is 2.26. The minimum Gasteiger partial charge on any atom is -0.481 e. The molecule has 0 heterocycles. The Kier molecular flexibility index (Phi) is 6.03. The number of hydrogen-bond acceptors (Lipinski definition) is 5. The maximum atomic E-state index is 11.4. The lowest BCUT2D eigenvalue weighted by atomic mass is 10.2. The molecule has 0 aliphatic carbocycles. The first kappa shape index (κ1) is 16.3. The molecule has 0 aromatic rings. The molecule has 0 saturated heterocycles. The van der Waals surface area contributed by atoms with E-state index in [4.69, 9.17) is 15.0 Å². The monoisotopic (exact) mass is 269 g/mol. The summed E-state index contributed by atoms with van der Waals surface area (Å²) >= 11 is 0. The van der Waals surface area contributed by atoms with E-state index in [-0.39, 0.29) is 25.3 Å². The van der Waals surface area contributed by atoms with Gasteiger partial charge < -0.3 is 15.3 Å². The van der Waals surface area contributed by atoms with Crippen LogP contribution in [0, 0.1) is 0 Å². The van der Waals surface area contributed by atoms with Crippen molar-refractivity contribution in [3.8, 4) is 0 Å². The van der Waals surface area contributed by atoms with Crippen molar-refractivity contribution < 1.29 is 27.0 Å². The molecule has 0 bridgehead atoms. The molecule has 17 heavy (non-hydrogen) atoms. The van der Waals surface area contributed by atoms with Crippen molar-refractivity contribution in [2.45, 2.75) is 12.5 Å². The van der Waals surface area contributed by atoms with Crippen LogP contribution in [0.3, 0.4) is 0 Å². The van der Waals surface area contributed by atoms with Crippen LogP contribution in [0.25, 0.3) is 0 Å². The molecule has 0 spiro atoms. The van der Waals surface area contributed by atoms with Gasteiger partial charge in [-0.25, -0.2) is 0 Å². The van der Waals surface area contributed by atoms with E-state index >= 15 is 0 Å². The summed E-state index contributed by atoms with van der Waals surface area (Å²) < 4.78 is 28.1. The van der Waals surface area contributed by atoms with E-state index in [9.17, 15) is 13.2 Å². The van der Waals surface area contributed by atoms with Gasteiger partial charge in [-0.3, -0.25) is 8.98 Å². The molecule has 7 nitrogen and oxygen atoms in total. The molecule has 0 aliphatic heterocycles. The van der Waals surface area contributed by atoms with Crippen LogP contribution in [0.2, 0.25) is 0 Å². The van der Waals surface area contributed by atoms with Gasteiger partial charge in [0.25, 0.3) is 10.1 Å². The minimum atomic E-state index is -3.75. The Labute approximate surface area is 102 Å². The van der Waals surface area contributed by atoms with Crippen LogP contribution in [0.15, 0.2) is 0 Å². The lowest BCUT2D eigenvalue weighted by Crippen LogP contribution is -2.44. The van der Waals surface area contributed by atoms with Crippen LogP contribution in [0.4, 0.5) is 0 Å². The summed E-state index contributed by atoms with van der Waals surface area (Å²) in [5.41, 5.74) is 5.14. The van der Waals surface area contributed by atoms with Crippen molar-refractivity contribution >= 4 is 16.1 Å². The van der Waals surface area contributed by atoms with Gasteiger partial charge in [-0.05, 0) is 0 Å². The van der Waals surface area contributed by atoms with Gasteiger partial charge in [0.15, 0.2) is 0 Å². The van der Waals surface area contributed by atoms with Gasteiger partial charge in [0, 0.05) is 6.54 Å². The van der Waals surface area contributed by atoms with E-state index in [1.54, 1.807) is 0 Å². The number of carboxylic acid groups (broad SMARTS) is 1. The van der Waals surface area contributed by atoms with Crippen LogP contribution in [-0.4, -0.2) is 70.1 Å². The average molecular weight is 269 g/mol. The number of hydrogen-bond donors (Lipinski definition) is 2. The quantitative estimate of drug-likeness (QED) is 0.425. The van der Waals surface area contributed by atoms with Gasteiger partial charge in [0.2, 0.25) is 0 Å². The Hall–Kier alpha value is -0.700. The van der Waals surface area contributed by atoms with E-state index in [0.29, 0.717) is 4.48 Å². The normalized spacial score (nSPS) is 14.6. The third kappa shape index (κ3) is 9.04. The van der Waals surface area contributed by atoms with Crippen LogP contribution < -0.4 is 5.73 Å². The Morgan fingerprint density at radius 2 is 1.94 bits per heavy atom. The van der Waals surface area contributed by atoms with Crippen molar-refractivity contribution in [1.82, 2.24) is 0 Å². The number of quaternary nitrogens is 1. The number of likely N-dealkylation sites (N-methyl/N-ethyl adjacent to an activating group) is 1. The molecule has 0 aromatic heterocycles. The van der Waals surface area contributed by atoms with Gasteiger partial charge in [0.05, 0.1) is 33.3 Å². The molecule has 102 valence electrons. The third-order valence-corrected chi connectivity index (χ3v) is 3.11. The predicted octanol–water partition coefficient (Wildman–Crippen LogP) is -1.16. The zero-order valence-corrected chi connectivity index (χ0v) is 11.2. The molecule has 0 amide bonds. The van der Waals surface area contributed by atoms with Crippen molar-refractivity contribution in [2.24, 2.45) is 5.73 Å². The van der Waals surface area contributed by atoms with E-state index < -0.39 is 22.2 Å². The summed E-state index contributed by atoms with van der Waals surface area (Å²) in [5, 5.41) is 8.70. The largest absolute Gasteiger partial charge is 0.481 e. The summed E-state index contributed by atoms with van der Waals surface area (Å²) in [4.78, 5) is 10.6. The van der Waals surface area contributed by atoms with Gasteiger partial charge in [-0.1, -0.05) is 0 Å². The van der Waals surface area contributed by atoms with Crippen LogP contribution in [0.5, 0.6) is 0 Å². The van der Waals surface area contributed by atoms with Gasteiger partial charge in [-0.2, -0.15) is 8.42 Å². The zero-order valence-electron chi connectivity index (χ0n) is 10.4. The number of nitrogens with two attached hydrogens (primary N) is 1. The lowest BCUT2D eigenvalue weighted by Gasteiger charge is -2.28. The second-order valence-corrected chi connectivity index (χ2v) is 6.56. The summed E-state index contributed by atoms with van der Waals surface area (Å²) in [7, 11) is 1.73. The highest BCUT2D eigenvalue weighted by Gasteiger charge is 2.26. The molecule has 0 saturated carbocycles. The van der Waals surface area contributed by atoms with E-state index in [1.807, 2.05) is 21.1 Å². The SMILES string of the molecule is C[N+](C)(C)C[C@@H](CC(=O)O)OS(=O)(=O)CCN. The Morgan fingerprint density at radius 1 is 1.41 bits per heavy atom. The first-order valence-electron chi connectivity index (χ1n) is 5.19. The van der Waals surface area contributed by atoms with Gasteiger partial charge >= 0.3 is 5.97 Å². The van der Waals surface area contributed by atoms with Crippen molar-refractivity contribution in [1.29, 1.82) is 0 Å². The van der Waals surface area contributed by atoms with Crippen LogP contribution in [0.1, 0.15) is 6.42 Å². The summed E-state index contributed by atoms with van der Waals surface area (Å²) in [6, 6.07) is 0. The molecule has 0 radical (unpaired) electrons. The minimum absolute atomic E-state index is 0.0491. The first-order valence-corrected chi connectivity index (χ1v) is 6.77. The first-order chi connectivity index (χ1) is 7.56. The number of carboxylic acids is 1. The highest BCUT2D eigenvalue weighted by atomic mass is 32.2. The summed E-state index contributed by atoms with van der Waals surface area (Å²) in [6.07, 6.45) is -1.22. The third-order valence-electron chi connectivity index (χ3n) is 1.80. The predicted molar refractivity (Wildman–Crippen MR) is 62.9 cm³/mol. The average Bonchev–Trinajstić information content (AvgIpc) is 1.96. The van der Waals surface area contributed by atoms with Crippen LogP contribution in [-0.2, 0) is 19.1 Å². The molecular weight excluding hydrogens is 248 g/mol. The molecule has 0 aliphatic rings.